The van der Waals surface area contributed by atoms with Crippen molar-refractivity contribution in [2.45, 2.75) is 69.7 Å². The molecule has 5 atom stereocenters. The average Bonchev–Trinajstić information content (AvgIpc) is 3.47. The van der Waals surface area contributed by atoms with Crippen LogP contribution in [0.4, 0.5) is 0 Å². The van der Waals surface area contributed by atoms with Crippen molar-refractivity contribution in [2.75, 3.05) is 19.7 Å². The number of nitrogens with one attached hydrogen (secondary N) is 2. The van der Waals surface area contributed by atoms with Crippen molar-refractivity contribution < 1.29 is 24.2 Å². The lowest BCUT2D eigenvalue weighted by molar-refractivity contribution is -0.142. The third kappa shape index (κ3) is 4.38. The van der Waals surface area contributed by atoms with Gasteiger partial charge in [0.2, 0.25) is 17.7 Å². The lowest BCUT2D eigenvalue weighted by atomic mass is 9.70. The van der Waals surface area contributed by atoms with Crippen molar-refractivity contribution in [3.63, 3.8) is 0 Å². The Kier molecular flexibility index (Phi) is 7.34. The van der Waals surface area contributed by atoms with Crippen molar-refractivity contribution in [1.29, 1.82) is 0 Å². The molecule has 0 aliphatic carbocycles. The van der Waals surface area contributed by atoms with Crippen LogP contribution in [0.15, 0.2) is 30.3 Å². The largest absolute Gasteiger partial charge is 0.396 e. The molecule has 1 aromatic rings. The number of hydrogen-bond acceptors (Lipinski definition) is 5. The summed E-state index contributed by atoms with van der Waals surface area (Å²) in [6.45, 7) is 3.23. The Morgan fingerprint density at radius 1 is 1.15 bits per heavy atom. The number of aliphatic hydroxyl groups is 1. The van der Waals surface area contributed by atoms with Gasteiger partial charge in [-0.05, 0) is 31.2 Å². The molecule has 3 heterocycles. The van der Waals surface area contributed by atoms with Crippen molar-refractivity contribution in [2.24, 2.45) is 11.8 Å². The minimum absolute atomic E-state index is 0.0727. The van der Waals surface area contributed by atoms with Gasteiger partial charge in [0.15, 0.2) is 0 Å². The number of aliphatic hydroxyl groups excluding tert-OH is 1. The first-order valence-electron chi connectivity index (χ1n) is 12.2. The van der Waals surface area contributed by atoms with Crippen molar-refractivity contribution in [3.8, 4) is 0 Å². The Morgan fingerprint density at radius 3 is 2.67 bits per heavy atom. The predicted molar refractivity (Wildman–Crippen MR) is 122 cm³/mol. The molecule has 180 valence electrons. The minimum atomic E-state index is -0.971. The first-order valence-corrected chi connectivity index (χ1v) is 12.2. The van der Waals surface area contributed by atoms with E-state index < -0.39 is 23.5 Å². The number of rotatable bonds is 11. The van der Waals surface area contributed by atoms with Gasteiger partial charge in [0.1, 0.15) is 11.6 Å². The van der Waals surface area contributed by atoms with Gasteiger partial charge in [-0.2, -0.15) is 0 Å². The molecule has 0 aromatic heterocycles. The molecule has 3 amide bonds. The fourth-order valence-electron chi connectivity index (χ4n) is 5.82. The lowest BCUT2D eigenvalue weighted by Crippen LogP contribution is -2.55. The number of benzene rings is 1. The van der Waals surface area contributed by atoms with Gasteiger partial charge in [0, 0.05) is 26.2 Å². The molecular weight excluding hydrogens is 422 g/mol. The maximum Gasteiger partial charge on any atom is 0.245 e. The Hall–Kier alpha value is -2.45. The number of amides is 3. The van der Waals surface area contributed by atoms with Crippen LogP contribution in [0, 0.1) is 11.8 Å². The Balaban J connectivity index is 1.53. The summed E-state index contributed by atoms with van der Waals surface area (Å²) in [6, 6.07) is 8.87. The number of carbonyl (C=O) groups is 3. The maximum atomic E-state index is 13.6. The average molecular weight is 458 g/mol. The van der Waals surface area contributed by atoms with Crippen LogP contribution in [0.5, 0.6) is 0 Å². The monoisotopic (exact) mass is 457 g/mol. The van der Waals surface area contributed by atoms with Crippen molar-refractivity contribution in [1.82, 2.24) is 15.5 Å². The number of ether oxygens (including phenoxy) is 1. The van der Waals surface area contributed by atoms with Gasteiger partial charge in [0.25, 0.3) is 0 Å². The number of fused-ring (bicyclic) bond motifs is 1. The predicted octanol–water partition coefficient (Wildman–Crippen LogP) is 1.37. The van der Waals surface area contributed by atoms with E-state index >= 15 is 0 Å². The molecule has 8 nitrogen and oxygen atoms in total. The quantitative estimate of drug-likeness (QED) is 0.435. The summed E-state index contributed by atoms with van der Waals surface area (Å²) < 4.78 is 6.36. The number of unbranched alkanes of at least 4 members (excludes halogenated alkanes) is 2. The highest BCUT2D eigenvalue weighted by Crippen LogP contribution is 2.58. The number of likely N-dealkylation sites (tertiary alicyclic amines) is 1. The molecule has 4 rings (SSSR count). The van der Waals surface area contributed by atoms with Crippen molar-refractivity contribution >= 4 is 17.7 Å². The van der Waals surface area contributed by atoms with Crippen LogP contribution in [-0.4, -0.2) is 65.2 Å². The van der Waals surface area contributed by atoms with Gasteiger partial charge in [-0.25, -0.2) is 0 Å². The molecule has 1 spiro atoms. The van der Waals surface area contributed by atoms with Gasteiger partial charge in [0.05, 0.1) is 17.9 Å². The highest BCUT2D eigenvalue weighted by atomic mass is 16.5. The molecule has 3 aliphatic rings. The molecule has 8 heteroatoms. The lowest BCUT2D eigenvalue weighted by Gasteiger charge is -2.33. The molecular formula is C25H35N3O5. The van der Waals surface area contributed by atoms with Crippen LogP contribution < -0.4 is 10.6 Å². The van der Waals surface area contributed by atoms with Crippen LogP contribution in [0.25, 0.3) is 0 Å². The minimum Gasteiger partial charge on any atom is -0.396 e. The maximum absolute atomic E-state index is 13.6. The van der Waals surface area contributed by atoms with Gasteiger partial charge in [-0.1, -0.05) is 50.1 Å². The summed E-state index contributed by atoms with van der Waals surface area (Å²) >= 11 is 0. The molecule has 3 aliphatic heterocycles. The zero-order valence-corrected chi connectivity index (χ0v) is 19.3. The molecule has 2 unspecified atom stereocenters. The summed E-state index contributed by atoms with van der Waals surface area (Å²) in [5.41, 5.74) is 0.0112. The third-order valence-corrected chi connectivity index (χ3v) is 7.30. The van der Waals surface area contributed by atoms with E-state index in [4.69, 9.17) is 4.74 Å². The molecule has 0 radical (unpaired) electrons. The van der Waals surface area contributed by atoms with Gasteiger partial charge in [-0.15, -0.1) is 0 Å². The van der Waals surface area contributed by atoms with E-state index in [1.165, 1.54) is 0 Å². The van der Waals surface area contributed by atoms with Crippen LogP contribution in [-0.2, 0) is 25.7 Å². The first-order chi connectivity index (χ1) is 16.0. The van der Waals surface area contributed by atoms with Gasteiger partial charge >= 0.3 is 0 Å². The van der Waals surface area contributed by atoms with E-state index in [0.717, 1.165) is 24.8 Å². The summed E-state index contributed by atoms with van der Waals surface area (Å²) in [6.07, 6.45) is 4.21. The second-order valence-corrected chi connectivity index (χ2v) is 9.37. The third-order valence-electron chi connectivity index (χ3n) is 7.30. The van der Waals surface area contributed by atoms with Crippen molar-refractivity contribution in [3.05, 3.63) is 35.9 Å². The highest BCUT2D eigenvalue weighted by Gasteiger charge is 2.74. The van der Waals surface area contributed by atoms with Crippen LogP contribution >= 0.6 is 0 Å². The second-order valence-electron chi connectivity index (χ2n) is 9.37. The van der Waals surface area contributed by atoms with E-state index in [2.05, 4.69) is 17.6 Å². The first kappa shape index (κ1) is 23.7. The molecule has 33 heavy (non-hydrogen) atoms. The van der Waals surface area contributed by atoms with E-state index in [0.29, 0.717) is 32.4 Å². The summed E-state index contributed by atoms with van der Waals surface area (Å²) in [7, 11) is 0. The second kappa shape index (κ2) is 10.2. The SMILES string of the molecule is CCCCCNC(=O)C1N(CCCO)C(=O)[C@@H]2[C@H](C(=O)NCc3ccccc3)[C@@H]3CCC12O3. The smallest absolute Gasteiger partial charge is 0.245 e. The Morgan fingerprint density at radius 2 is 1.94 bits per heavy atom. The molecule has 0 saturated carbocycles. The van der Waals surface area contributed by atoms with E-state index in [-0.39, 0.29) is 37.0 Å². The molecule has 3 fully saturated rings. The topological polar surface area (TPSA) is 108 Å². The highest BCUT2D eigenvalue weighted by molar-refractivity contribution is 5.98. The zero-order valence-electron chi connectivity index (χ0n) is 19.3. The number of hydrogen-bond donors (Lipinski definition) is 3. The summed E-state index contributed by atoms with van der Waals surface area (Å²) in [4.78, 5) is 41.6. The van der Waals surface area contributed by atoms with E-state index in [1.807, 2.05) is 30.3 Å². The fourth-order valence-corrected chi connectivity index (χ4v) is 5.82. The molecule has 2 bridgehead atoms. The van der Waals surface area contributed by atoms with Crippen LogP contribution in [0.1, 0.15) is 51.0 Å². The Labute approximate surface area is 195 Å². The molecule has 3 N–H and O–H groups in total. The molecule has 3 saturated heterocycles. The standard InChI is InChI=1S/C25H35N3O5/c1-2-3-7-13-26-23(31)21-25-12-11-18(33-25)19(20(25)24(32)28(21)14-8-15-29)22(30)27-16-17-9-5-4-6-10-17/h4-6,9-10,18-21,29H,2-3,7-8,11-16H2,1H3,(H,26,31)(H,27,30)/t18-,19+,20-,21?,25?/m0/s1. The summed E-state index contributed by atoms with van der Waals surface area (Å²) in [5.74, 6) is -1.90. The van der Waals surface area contributed by atoms with Gasteiger partial charge in [-0.3, -0.25) is 14.4 Å². The Bertz CT molecular complexity index is 863. The van der Waals surface area contributed by atoms with Crippen LogP contribution in [0.2, 0.25) is 0 Å². The normalized spacial score (nSPS) is 29.9. The van der Waals surface area contributed by atoms with E-state index in [1.54, 1.807) is 4.90 Å². The van der Waals surface area contributed by atoms with Gasteiger partial charge < -0.3 is 25.4 Å². The number of nitrogens with zero attached hydrogens (tertiary/aromatic N) is 1. The zero-order chi connectivity index (χ0) is 23.4. The summed E-state index contributed by atoms with van der Waals surface area (Å²) in [5, 5.41) is 15.3. The number of carbonyl (C=O) groups excluding carboxylic acids is 3. The fraction of sp³-hybridized carbons (Fsp3) is 0.640. The van der Waals surface area contributed by atoms with E-state index in [9.17, 15) is 19.5 Å². The molecule has 1 aromatic carbocycles. The van der Waals surface area contributed by atoms with Crippen LogP contribution in [0.3, 0.4) is 0 Å².